The van der Waals surface area contributed by atoms with Crippen molar-refractivity contribution in [1.29, 1.82) is 5.26 Å². The maximum absolute atomic E-state index is 8.71. The Morgan fingerprint density at radius 2 is 2.20 bits per heavy atom. The van der Waals surface area contributed by atoms with Crippen molar-refractivity contribution in [3.05, 3.63) is 35.0 Å². The first-order chi connectivity index (χ1) is 7.24. The maximum atomic E-state index is 8.71. The van der Waals surface area contributed by atoms with Gasteiger partial charge in [-0.2, -0.15) is 5.26 Å². The lowest BCUT2D eigenvalue weighted by Crippen LogP contribution is -1.88. The van der Waals surface area contributed by atoms with E-state index in [4.69, 9.17) is 21.6 Å². The molecule has 0 saturated heterocycles. The van der Waals surface area contributed by atoms with E-state index in [0.717, 1.165) is 5.39 Å². The van der Waals surface area contributed by atoms with E-state index in [0.29, 0.717) is 22.0 Å². The molecule has 0 unspecified atom stereocenters. The summed E-state index contributed by atoms with van der Waals surface area (Å²) in [6.45, 7) is 0. The zero-order valence-corrected chi connectivity index (χ0v) is 8.75. The van der Waals surface area contributed by atoms with Crippen molar-refractivity contribution in [1.82, 2.24) is 4.98 Å². The zero-order valence-electron chi connectivity index (χ0n) is 7.99. The molecule has 74 valence electrons. The molecule has 0 radical (unpaired) electrons. The number of benzene rings is 1. The first-order valence-electron chi connectivity index (χ1n) is 4.29. The van der Waals surface area contributed by atoms with Crippen molar-refractivity contribution in [3.63, 3.8) is 0 Å². The van der Waals surface area contributed by atoms with E-state index >= 15 is 0 Å². The molecule has 2 aromatic rings. The summed E-state index contributed by atoms with van der Waals surface area (Å²) >= 11 is 5.96. The summed E-state index contributed by atoms with van der Waals surface area (Å²) in [6, 6.07) is 8.94. The highest BCUT2D eigenvalue weighted by atomic mass is 35.5. The van der Waals surface area contributed by atoms with Crippen LogP contribution in [0.4, 0.5) is 0 Å². The molecule has 0 N–H and O–H groups in total. The molecule has 1 aromatic heterocycles. The van der Waals surface area contributed by atoms with E-state index < -0.39 is 0 Å². The van der Waals surface area contributed by atoms with E-state index in [-0.39, 0.29) is 0 Å². The van der Waals surface area contributed by atoms with Crippen LogP contribution in [0, 0.1) is 11.3 Å². The molecule has 3 nitrogen and oxygen atoms in total. The van der Waals surface area contributed by atoms with Gasteiger partial charge in [-0.05, 0) is 18.2 Å². The minimum atomic E-state index is 0.381. The van der Waals surface area contributed by atoms with Crippen molar-refractivity contribution in [2.24, 2.45) is 0 Å². The first kappa shape index (κ1) is 9.75. The third-order valence-corrected chi connectivity index (χ3v) is 2.37. The molecule has 0 bridgehead atoms. The van der Waals surface area contributed by atoms with Gasteiger partial charge in [0.2, 0.25) is 0 Å². The number of fused-ring (bicyclic) bond motifs is 1. The SMILES string of the molecule is COc1cc2nc(C#N)ccc2cc1Cl. The largest absolute Gasteiger partial charge is 0.495 e. The second-order valence-electron chi connectivity index (χ2n) is 2.99. The number of nitriles is 1. The molecular weight excluding hydrogens is 212 g/mol. The molecule has 0 saturated carbocycles. The second-order valence-corrected chi connectivity index (χ2v) is 3.39. The minimum Gasteiger partial charge on any atom is -0.495 e. The van der Waals surface area contributed by atoms with Crippen LogP contribution in [0.1, 0.15) is 5.69 Å². The van der Waals surface area contributed by atoms with E-state index in [1.165, 1.54) is 0 Å². The Kier molecular flexibility index (Phi) is 2.44. The van der Waals surface area contributed by atoms with E-state index in [2.05, 4.69) is 4.98 Å². The fourth-order valence-corrected chi connectivity index (χ4v) is 1.59. The number of hydrogen-bond donors (Lipinski definition) is 0. The lowest BCUT2D eigenvalue weighted by atomic mass is 10.2. The molecule has 0 aliphatic carbocycles. The third kappa shape index (κ3) is 1.72. The lowest BCUT2D eigenvalue weighted by Gasteiger charge is -2.04. The third-order valence-electron chi connectivity index (χ3n) is 2.08. The molecule has 1 aromatic carbocycles. The van der Waals surface area contributed by atoms with Crippen LogP contribution < -0.4 is 4.74 Å². The Morgan fingerprint density at radius 3 is 2.87 bits per heavy atom. The summed E-state index contributed by atoms with van der Waals surface area (Å²) in [4.78, 5) is 4.14. The van der Waals surface area contributed by atoms with Gasteiger partial charge in [-0.15, -0.1) is 0 Å². The second kappa shape index (κ2) is 3.76. The van der Waals surface area contributed by atoms with Crippen LogP contribution in [0.25, 0.3) is 10.9 Å². The summed E-state index contributed by atoms with van der Waals surface area (Å²) in [5.41, 5.74) is 1.09. The standard InChI is InChI=1S/C11H7ClN2O/c1-15-11-5-10-7(4-9(11)12)2-3-8(6-13)14-10/h2-5H,1H3. The Bertz CT molecular complexity index is 560. The Labute approximate surface area is 91.9 Å². The topological polar surface area (TPSA) is 45.9 Å². The quantitative estimate of drug-likeness (QED) is 0.740. The van der Waals surface area contributed by atoms with Crippen LogP contribution in [0.3, 0.4) is 0 Å². The van der Waals surface area contributed by atoms with Crippen LogP contribution in [0.15, 0.2) is 24.3 Å². The van der Waals surface area contributed by atoms with Gasteiger partial charge < -0.3 is 4.74 Å². The van der Waals surface area contributed by atoms with Gasteiger partial charge in [-0.25, -0.2) is 4.98 Å². The number of halogens is 1. The van der Waals surface area contributed by atoms with Gasteiger partial charge in [0.05, 0.1) is 17.6 Å². The lowest BCUT2D eigenvalue weighted by molar-refractivity contribution is 0.415. The molecular formula is C11H7ClN2O. The number of ether oxygens (including phenoxy) is 1. The van der Waals surface area contributed by atoms with Crippen molar-refractivity contribution in [2.45, 2.75) is 0 Å². The molecule has 0 aliphatic heterocycles. The highest BCUT2D eigenvalue weighted by molar-refractivity contribution is 6.32. The number of aromatic nitrogens is 1. The molecule has 0 spiro atoms. The Hall–Kier alpha value is -1.79. The fraction of sp³-hybridized carbons (Fsp3) is 0.0909. The van der Waals surface area contributed by atoms with E-state index in [1.807, 2.05) is 12.1 Å². The Morgan fingerprint density at radius 1 is 1.40 bits per heavy atom. The van der Waals surface area contributed by atoms with Gasteiger partial charge in [0.1, 0.15) is 17.5 Å². The minimum absolute atomic E-state index is 0.381. The number of hydrogen-bond acceptors (Lipinski definition) is 3. The summed E-state index contributed by atoms with van der Waals surface area (Å²) < 4.78 is 5.07. The number of nitrogens with zero attached hydrogens (tertiary/aromatic N) is 2. The van der Waals surface area contributed by atoms with Gasteiger partial charge in [0, 0.05) is 11.5 Å². The molecule has 0 atom stereocenters. The number of pyridine rings is 1. The average Bonchev–Trinajstić information content (AvgIpc) is 2.27. The zero-order chi connectivity index (χ0) is 10.8. The van der Waals surface area contributed by atoms with Crippen molar-refractivity contribution < 1.29 is 4.74 Å². The average molecular weight is 219 g/mol. The normalized spacial score (nSPS) is 9.93. The van der Waals surface area contributed by atoms with Gasteiger partial charge in [-0.3, -0.25) is 0 Å². The summed E-state index contributed by atoms with van der Waals surface area (Å²) in [6.07, 6.45) is 0. The van der Waals surface area contributed by atoms with Crippen molar-refractivity contribution in [3.8, 4) is 11.8 Å². The van der Waals surface area contributed by atoms with Gasteiger partial charge in [-0.1, -0.05) is 11.6 Å². The molecule has 1 heterocycles. The first-order valence-corrected chi connectivity index (χ1v) is 4.67. The molecule has 4 heteroatoms. The predicted molar refractivity (Wildman–Crippen MR) is 58.0 cm³/mol. The van der Waals surface area contributed by atoms with Crippen LogP contribution in [0.2, 0.25) is 5.02 Å². The fourth-order valence-electron chi connectivity index (χ4n) is 1.34. The highest BCUT2D eigenvalue weighted by Crippen LogP contribution is 2.28. The highest BCUT2D eigenvalue weighted by Gasteiger charge is 2.04. The van der Waals surface area contributed by atoms with Crippen molar-refractivity contribution in [2.75, 3.05) is 7.11 Å². The molecule has 15 heavy (non-hydrogen) atoms. The summed E-state index contributed by atoms with van der Waals surface area (Å²) in [5.74, 6) is 0.562. The van der Waals surface area contributed by atoms with Gasteiger partial charge >= 0.3 is 0 Å². The molecule has 0 amide bonds. The van der Waals surface area contributed by atoms with Crippen LogP contribution in [-0.2, 0) is 0 Å². The van der Waals surface area contributed by atoms with Crippen LogP contribution in [-0.4, -0.2) is 12.1 Å². The smallest absolute Gasteiger partial charge is 0.141 e. The monoisotopic (exact) mass is 218 g/mol. The molecule has 0 fully saturated rings. The number of rotatable bonds is 1. The number of methoxy groups -OCH3 is 1. The Balaban J connectivity index is 2.72. The summed E-state index contributed by atoms with van der Waals surface area (Å²) in [7, 11) is 1.54. The van der Waals surface area contributed by atoms with Crippen LogP contribution in [0.5, 0.6) is 5.75 Å². The molecule has 0 aliphatic rings. The summed E-state index contributed by atoms with van der Waals surface area (Å²) in [5, 5.41) is 10.1. The molecule has 2 rings (SSSR count). The van der Waals surface area contributed by atoms with Crippen LogP contribution >= 0.6 is 11.6 Å². The van der Waals surface area contributed by atoms with Crippen molar-refractivity contribution >= 4 is 22.5 Å². The maximum Gasteiger partial charge on any atom is 0.141 e. The van der Waals surface area contributed by atoms with E-state index in [9.17, 15) is 0 Å². The van der Waals surface area contributed by atoms with Gasteiger partial charge in [0.15, 0.2) is 0 Å². The van der Waals surface area contributed by atoms with E-state index in [1.54, 1.807) is 25.3 Å². The van der Waals surface area contributed by atoms with Gasteiger partial charge in [0.25, 0.3) is 0 Å². The predicted octanol–water partition coefficient (Wildman–Crippen LogP) is 2.77.